The van der Waals surface area contributed by atoms with Gasteiger partial charge in [0.2, 0.25) is 0 Å². The van der Waals surface area contributed by atoms with Gasteiger partial charge in [0.05, 0.1) is 13.2 Å². The highest BCUT2D eigenvalue weighted by Crippen LogP contribution is 2.30. The Bertz CT molecular complexity index is 408. The second kappa shape index (κ2) is 6.12. The number of ether oxygens (including phenoxy) is 1. The standard InChI is InChI=1S/C13H18N2O2/c1-4-15(5-2)11(9-14)10-6-7-12(16)13(8-10)17-3/h6-8,11,16H,4-5H2,1-3H3. The Hall–Kier alpha value is -1.73. The van der Waals surface area contributed by atoms with Crippen LogP contribution in [0.3, 0.4) is 0 Å². The van der Waals surface area contributed by atoms with E-state index in [1.54, 1.807) is 18.2 Å². The van der Waals surface area contributed by atoms with Crippen LogP contribution >= 0.6 is 0 Å². The second-order valence-electron chi connectivity index (χ2n) is 3.68. The molecule has 0 aromatic heterocycles. The van der Waals surface area contributed by atoms with Crippen LogP contribution in [0.5, 0.6) is 11.5 Å². The molecular formula is C13H18N2O2. The topological polar surface area (TPSA) is 56.5 Å². The van der Waals surface area contributed by atoms with Crippen molar-refractivity contribution >= 4 is 0 Å². The zero-order chi connectivity index (χ0) is 12.8. The lowest BCUT2D eigenvalue weighted by Gasteiger charge is -2.24. The number of hydrogen-bond acceptors (Lipinski definition) is 4. The molecule has 0 saturated carbocycles. The summed E-state index contributed by atoms with van der Waals surface area (Å²) >= 11 is 0. The van der Waals surface area contributed by atoms with Crippen molar-refractivity contribution in [2.24, 2.45) is 0 Å². The number of hydrogen-bond donors (Lipinski definition) is 1. The van der Waals surface area contributed by atoms with Gasteiger partial charge in [0.15, 0.2) is 11.5 Å². The zero-order valence-corrected chi connectivity index (χ0v) is 10.5. The van der Waals surface area contributed by atoms with E-state index < -0.39 is 0 Å². The van der Waals surface area contributed by atoms with Gasteiger partial charge in [-0.25, -0.2) is 0 Å². The first-order valence-corrected chi connectivity index (χ1v) is 5.68. The van der Waals surface area contributed by atoms with E-state index in [1.807, 2.05) is 18.7 Å². The molecule has 0 heterocycles. The Kier molecular flexibility index (Phi) is 4.80. The van der Waals surface area contributed by atoms with Crippen molar-refractivity contribution in [1.29, 1.82) is 5.26 Å². The monoisotopic (exact) mass is 234 g/mol. The normalized spacial score (nSPS) is 12.2. The molecule has 1 rings (SSSR count). The van der Waals surface area contributed by atoms with E-state index in [-0.39, 0.29) is 11.8 Å². The van der Waals surface area contributed by atoms with Gasteiger partial charge >= 0.3 is 0 Å². The van der Waals surface area contributed by atoms with Gasteiger partial charge in [-0.3, -0.25) is 4.90 Å². The lowest BCUT2D eigenvalue weighted by atomic mass is 10.1. The Morgan fingerprint density at radius 3 is 2.53 bits per heavy atom. The molecule has 1 atom stereocenters. The smallest absolute Gasteiger partial charge is 0.160 e. The Morgan fingerprint density at radius 2 is 2.06 bits per heavy atom. The van der Waals surface area contributed by atoms with Crippen LogP contribution in [0.4, 0.5) is 0 Å². The van der Waals surface area contributed by atoms with Crippen molar-refractivity contribution in [3.8, 4) is 17.6 Å². The predicted octanol–water partition coefficient (Wildman–Crippen LogP) is 2.31. The molecule has 17 heavy (non-hydrogen) atoms. The van der Waals surface area contributed by atoms with Crippen LogP contribution in [-0.4, -0.2) is 30.2 Å². The fourth-order valence-electron chi connectivity index (χ4n) is 1.82. The third kappa shape index (κ3) is 2.89. The van der Waals surface area contributed by atoms with Crippen LogP contribution in [-0.2, 0) is 0 Å². The first kappa shape index (κ1) is 13.3. The molecule has 0 aliphatic heterocycles. The fourth-order valence-corrected chi connectivity index (χ4v) is 1.82. The summed E-state index contributed by atoms with van der Waals surface area (Å²) in [5.74, 6) is 0.488. The van der Waals surface area contributed by atoms with E-state index >= 15 is 0 Å². The minimum absolute atomic E-state index is 0.0903. The predicted molar refractivity (Wildman–Crippen MR) is 65.9 cm³/mol. The summed E-state index contributed by atoms with van der Waals surface area (Å²) in [5, 5.41) is 18.8. The average Bonchev–Trinajstić information content (AvgIpc) is 2.36. The van der Waals surface area contributed by atoms with Crippen molar-refractivity contribution in [1.82, 2.24) is 4.90 Å². The molecule has 0 radical (unpaired) electrons. The molecule has 0 spiro atoms. The highest BCUT2D eigenvalue weighted by Gasteiger charge is 2.18. The Labute approximate surface area is 102 Å². The van der Waals surface area contributed by atoms with E-state index in [9.17, 15) is 10.4 Å². The van der Waals surface area contributed by atoms with E-state index in [4.69, 9.17) is 4.74 Å². The molecule has 1 unspecified atom stereocenters. The number of phenolic OH excluding ortho intramolecular Hbond substituents is 1. The number of benzene rings is 1. The van der Waals surface area contributed by atoms with Crippen LogP contribution in [0.25, 0.3) is 0 Å². The maximum atomic E-state index is 9.52. The van der Waals surface area contributed by atoms with Gasteiger partial charge in [-0.15, -0.1) is 0 Å². The van der Waals surface area contributed by atoms with Gasteiger partial charge in [-0.2, -0.15) is 5.26 Å². The number of nitriles is 1. The molecule has 0 fully saturated rings. The van der Waals surface area contributed by atoms with E-state index in [0.717, 1.165) is 18.7 Å². The third-order valence-electron chi connectivity index (χ3n) is 2.82. The molecule has 0 amide bonds. The van der Waals surface area contributed by atoms with Gasteiger partial charge < -0.3 is 9.84 Å². The number of rotatable bonds is 5. The van der Waals surface area contributed by atoms with Gasteiger partial charge in [-0.05, 0) is 30.8 Å². The highest BCUT2D eigenvalue weighted by molar-refractivity contribution is 5.43. The van der Waals surface area contributed by atoms with Crippen LogP contribution < -0.4 is 4.74 Å². The summed E-state index contributed by atoms with van der Waals surface area (Å²) in [4.78, 5) is 2.05. The first-order valence-electron chi connectivity index (χ1n) is 5.68. The molecular weight excluding hydrogens is 216 g/mol. The van der Waals surface area contributed by atoms with Crippen LogP contribution in [0, 0.1) is 11.3 Å². The van der Waals surface area contributed by atoms with Crippen LogP contribution in [0.2, 0.25) is 0 Å². The summed E-state index contributed by atoms with van der Waals surface area (Å²) in [5.41, 5.74) is 0.839. The molecule has 0 bridgehead atoms. The van der Waals surface area contributed by atoms with Crippen molar-refractivity contribution in [3.05, 3.63) is 23.8 Å². The molecule has 1 aromatic carbocycles. The van der Waals surface area contributed by atoms with E-state index in [1.165, 1.54) is 7.11 Å². The van der Waals surface area contributed by atoms with Crippen molar-refractivity contribution in [2.45, 2.75) is 19.9 Å². The largest absolute Gasteiger partial charge is 0.504 e. The first-order chi connectivity index (χ1) is 8.17. The quantitative estimate of drug-likeness (QED) is 0.849. The fraction of sp³-hybridized carbons (Fsp3) is 0.462. The highest BCUT2D eigenvalue weighted by atomic mass is 16.5. The van der Waals surface area contributed by atoms with E-state index in [2.05, 4.69) is 6.07 Å². The van der Waals surface area contributed by atoms with Gasteiger partial charge in [0.1, 0.15) is 6.04 Å². The third-order valence-corrected chi connectivity index (χ3v) is 2.82. The Balaban J connectivity index is 3.09. The summed E-state index contributed by atoms with van der Waals surface area (Å²) in [7, 11) is 1.50. The molecule has 0 aliphatic rings. The van der Waals surface area contributed by atoms with Crippen molar-refractivity contribution < 1.29 is 9.84 Å². The summed E-state index contributed by atoms with van der Waals surface area (Å²) in [6.45, 7) is 5.65. The summed E-state index contributed by atoms with van der Waals surface area (Å²) < 4.78 is 5.05. The number of methoxy groups -OCH3 is 1. The van der Waals surface area contributed by atoms with Crippen LogP contribution in [0.15, 0.2) is 18.2 Å². The molecule has 4 heteroatoms. The minimum atomic E-state index is -0.306. The summed E-state index contributed by atoms with van der Waals surface area (Å²) in [6.07, 6.45) is 0. The molecule has 4 nitrogen and oxygen atoms in total. The molecule has 1 N–H and O–H groups in total. The number of nitrogens with zero attached hydrogens (tertiary/aromatic N) is 2. The lowest BCUT2D eigenvalue weighted by Crippen LogP contribution is -2.27. The number of phenols is 1. The average molecular weight is 234 g/mol. The van der Waals surface area contributed by atoms with Crippen molar-refractivity contribution in [2.75, 3.05) is 20.2 Å². The van der Waals surface area contributed by atoms with Gasteiger partial charge in [0, 0.05) is 0 Å². The lowest BCUT2D eigenvalue weighted by molar-refractivity contribution is 0.261. The van der Waals surface area contributed by atoms with Crippen molar-refractivity contribution in [3.63, 3.8) is 0 Å². The SMILES string of the molecule is CCN(CC)C(C#N)c1ccc(O)c(OC)c1. The molecule has 92 valence electrons. The molecule has 0 saturated heterocycles. The zero-order valence-electron chi connectivity index (χ0n) is 10.5. The minimum Gasteiger partial charge on any atom is -0.504 e. The number of aromatic hydroxyl groups is 1. The van der Waals surface area contributed by atoms with Gasteiger partial charge in [-0.1, -0.05) is 19.9 Å². The van der Waals surface area contributed by atoms with E-state index in [0.29, 0.717) is 5.75 Å². The maximum absolute atomic E-state index is 9.52. The molecule has 1 aromatic rings. The summed E-state index contributed by atoms with van der Waals surface area (Å²) in [6, 6.07) is 7.00. The maximum Gasteiger partial charge on any atom is 0.160 e. The van der Waals surface area contributed by atoms with Crippen LogP contribution in [0.1, 0.15) is 25.5 Å². The van der Waals surface area contributed by atoms with Gasteiger partial charge in [0.25, 0.3) is 0 Å². The second-order valence-corrected chi connectivity index (χ2v) is 3.68. The molecule has 0 aliphatic carbocycles. The Morgan fingerprint density at radius 1 is 1.41 bits per heavy atom.